The van der Waals surface area contributed by atoms with Crippen LogP contribution >= 0.6 is 11.3 Å². The SMILES string of the molecule is COC(=O)N[C@H](C(=O)N1CCC[C@H]1c1ncc(-c2cc(F)c3c(c2)O[C@@H](c2cnc(C4CC4)s2)n2c-3cc3cc(-c4cnc([C@@H]5CCCN5C(=O)[C@@H](NC(C)=O)C(C)C)[nH]4)ccc32)[nH]1)C(C)C. The number of H-pyrrole nitrogens is 2. The zero-order valence-corrected chi connectivity index (χ0v) is 39.2. The third-order valence-corrected chi connectivity index (χ3v) is 14.7. The summed E-state index contributed by atoms with van der Waals surface area (Å²) in [7, 11) is 1.27. The highest BCUT2D eigenvalue weighted by atomic mass is 32.1. The van der Waals surface area contributed by atoms with Gasteiger partial charge in [0.15, 0.2) is 0 Å². The number of imidazole rings is 2. The fourth-order valence-corrected chi connectivity index (χ4v) is 11.1. The number of rotatable bonds is 12. The van der Waals surface area contributed by atoms with E-state index in [9.17, 15) is 19.2 Å². The van der Waals surface area contributed by atoms with E-state index >= 15 is 4.39 Å². The van der Waals surface area contributed by atoms with Crippen molar-refractivity contribution >= 4 is 46.1 Å². The first kappa shape index (κ1) is 44.3. The molecule has 18 heteroatoms. The molecule has 2 saturated heterocycles. The minimum atomic E-state index is -0.769. The molecule has 4 N–H and O–H groups in total. The quantitative estimate of drug-likeness (QED) is 0.0934. The summed E-state index contributed by atoms with van der Waals surface area (Å²) in [5, 5.41) is 7.48. The van der Waals surface area contributed by atoms with Gasteiger partial charge in [-0.3, -0.25) is 19.0 Å². The number of carbonyl (C=O) groups excluding carboxylic acids is 4. The molecule has 0 radical (unpaired) electrons. The molecule has 2 aromatic carbocycles. The van der Waals surface area contributed by atoms with Crippen molar-refractivity contribution < 1.29 is 33.0 Å². The Kier molecular flexibility index (Phi) is 11.6. The van der Waals surface area contributed by atoms with Gasteiger partial charge in [0, 0.05) is 48.6 Å². The van der Waals surface area contributed by atoms with E-state index in [0.717, 1.165) is 64.1 Å². The van der Waals surface area contributed by atoms with E-state index in [4.69, 9.17) is 24.4 Å². The Labute approximate surface area is 391 Å². The molecule has 4 aromatic heterocycles. The summed E-state index contributed by atoms with van der Waals surface area (Å²) in [5.41, 5.74) is 4.64. The van der Waals surface area contributed by atoms with Gasteiger partial charge in [0.2, 0.25) is 23.9 Å². The van der Waals surface area contributed by atoms with E-state index in [1.165, 1.54) is 20.1 Å². The highest BCUT2D eigenvalue weighted by molar-refractivity contribution is 7.11. The van der Waals surface area contributed by atoms with Gasteiger partial charge in [-0.15, -0.1) is 11.3 Å². The molecule has 7 heterocycles. The van der Waals surface area contributed by atoms with E-state index in [1.54, 1.807) is 28.6 Å². The zero-order chi connectivity index (χ0) is 46.8. The number of hydrogen-bond acceptors (Lipinski definition) is 10. The van der Waals surface area contributed by atoms with Gasteiger partial charge in [-0.25, -0.2) is 24.1 Å². The Morgan fingerprint density at radius 3 is 2.03 bits per heavy atom. The number of likely N-dealkylation sites (tertiary alicyclic amines) is 2. The summed E-state index contributed by atoms with van der Waals surface area (Å²) in [5.74, 6) is 0.813. The predicted molar refractivity (Wildman–Crippen MR) is 249 cm³/mol. The van der Waals surface area contributed by atoms with Gasteiger partial charge in [0.1, 0.15) is 35.3 Å². The number of aromatic nitrogens is 6. The molecule has 3 aliphatic heterocycles. The van der Waals surface area contributed by atoms with Gasteiger partial charge in [-0.1, -0.05) is 33.8 Å². The molecule has 16 nitrogen and oxygen atoms in total. The second-order valence-electron chi connectivity index (χ2n) is 18.9. The minimum absolute atomic E-state index is 0.0743. The molecule has 4 aliphatic rings. The maximum atomic E-state index is 16.9. The molecular formula is C49H55FN10O6S. The number of carbonyl (C=O) groups is 4. The summed E-state index contributed by atoms with van der Waals surface area (Å²) in [6.45, 7) is 10.1. The van der Waals surface area contributed by atoms with Crippen molar-refractivity contribution in [3.8, 4) is 39.5 Å². The van der Waals surface area contributed by atoms with Crippen LogP contribution in [0.25, 0.3) is 44.7 Å². The molecule has 67 heavy (non-hydrogen) atoms. The normalized spacial score (nSPS) is 19.9. The van der Waals surface area contributed by atoms with Crippen LogP contribution in [0, 0.1) is 17.7 Å². The first-order chi connectivity index (χ1) is 32.3. The number of ether oxygens (including phenoxy) is 2. The van der Waals surface area contributed by atoms with Gasteiger partial charge in [-0.05, 0) is 80.7 Å². The first-order valence-electron chi connectivity index (χ1n) is 23.2. The number of nitrogens with one attached hydrogen (secondary N) is 4. The van der Waals surface area contributed by atoms with Gasteiger partial charge in [-0.2, -0.15) is 0 Å². The lowest BCUT2D eigenvalue weighted by Gasteiger charge is -2.30. The second-order valence-corrected chi connectivity index (χ2v) is 20.0. The maximum absolute atomic E-state index is 16.9. The standard InChI is InChI=1S/C49H55FN10O6S/c1-24(2)41(54-26(5)61)46(62)58-15-7-9-35(58)43-51-21-32(55-43)28-13-14-34-30(17-28)19-37-40-31(50)18-29(20-38(40)66-48(60(34)37)39-23-53-45(67-39)27-11-12-27)33-22-52-44(56-33)36-10-8-16-59(36)47(63)42(25(3)4)57-49(64)65-6/h13-14,17-25,27,35-36,41-42,48H,7-12,15-16H2,1-6H3,(H,51,55)(H,52,56)(H,54,61)(H,57,64)/t35-,36-,41-,42-,48-/m0/s1. The van der Waals surface area contributed by atoms with E-state index in [-0.39, 0.29) is 41.6 Å². The van der Waals surface area contributed by atoms with Crippen LogP contribution in [0.5, 0.6) is 5.75 Å². The van der Waals surface area contributed by atoms with Crippen molar-refractivity contribution in [2.45, 2.75) is 109 Å². The zero-order valence-electron chi connectivity index (χ0n) is 38.4. The molecule has 0 spiro atoms. The molecule has 10 rings (SSSR count). The summed E-state index contributed by atoms with van der Waals surface area (Å²) in [4.78, 5) is 77.3. The molecule has 3 fully saturated rings. The lowest BCUT2D eigenvalue weighted by atomic mass is 10.0. The number of hydrogen-bond donors (Lipinski definition) is 4. The van der Waals surface area contributed by atoms with Crippen molar-refractivity contribution in [1.82, 2.24) is 49.9 Å². The topological polar surface area (TPSA) is 192 Å². The molecule has 350 valence electrons. The van der Waals surface area contributed by atoms with Crippen molar-refractivity contribution in [2.75, 3.05) is 20.2 Å². The third kappa shape index (κ3) is 8.22. The van der Waals surface area contributed by atoms with E-state index in [2.05, 4.69) is 31.2 Å². The van der Waals surface area contributed by atoms with Crippen molar-refractivity contribution in [2.24, 2.45) is 11.8 Å². The van der Waals surface area contributed by atoms with Crippen LogP contribution < -0.4 is 15.4 Å². The van der Waals surface area contributed by atoms with Crippen molar-refractivity contribution in [3.05, 3.63) is 82.3 Å². The number of amides is 4. The Morgan fingerprint density at radius 1 is 0.806 bits per heavy atom. The predicted octanol–water partition coefficient (Wildman–Crippen LogP) is 8.37. The molecule has 6 aromatic rings. The number of halogens is 1. The Hall–Kier alpha value is -6.56. The van der Waals surface area contributed by atoms with Crippen LogP contribution in [0.4, 0.5) is 9.18 Å². The number of thiazole rings is 1. The van der Waals surface area contributed by atoms with Crippen molar-refractivity contribution in [1.29, 1.82) is 0 Å². The highest BCUT2D eigenvalue weighted by Gasteiger charge is 2.40. The molecule has 1 aliphatic carbocycles. The molecule has 1 saturated carbocycles. The largest absolute Gasteiger partial charge is 0.464 e. The van der Waals surface area contributed by atoms with E-state index in [1.807, 2.05) is 63.1 Å². The number of benzene rings is 2. The highest BCUT2D eigenvalue weighted by Crippen LogP contribution is 2.50. The summed E-state index contributed by atoms with van der Waals surface area (Å²) in [6, 6.07) is 9.43. The Balaban J connectivity index is 0.968. The van der Waals surface area contributed by atoms with Crippen LogP contribution in [-0.4, -0.2) is 95.4 Å². The van der Waals surface area contributed by atoms with Crippen LogP contribution in [0.3, 0.4) is 0 Å². The van der Waals surface area contributed by atoms with Crippen LogP contribution in [-0.2, 0) is 19.1 Å². The number of aromatic amines is 2. The number of methoxy groups -OCH3 is 1. The van der Waals surface area contributed by atoms with Crippen molar-refractivity contribution in [3.63, 3.8) is 0 Å². The number of fused-ring (bicyclic) bond motifs is 5. The summed E-state index contributed by atoms with van der Waals surface area (Å²) < 4.78 is 30.6. The molecule has 0 unspecified atom stereocenters. The third-order valence-electron chi connectivity index (χ3n) is 13.5. The van der Waals surface area contributed by atoms with Gasteiger partial charge in [0.25, 0.3) is 0 Å². The lowest BCUT2D eigenvalue weighted by Crippen LogP contribution is -2.51. The van der Waals surface area contributed by atoms with E-state index < -0.39 is 30.2 Å². The van der Waals surface area contributed by atoms with Crippen LogP contribution in [0.2, 0.25) is 0 Å². The summed E-state index contributed by atoms with van der Waals surface area (Å²) >= 11 is 1.62. The maximum Gasteiger partial charge on any atom is 0.407 e. The Bertz CT molecular complexity index is 2900. The Morgan fingerprint density at radius 2 is 1.43 bits per heavy atom. The molecule has 4 amide bonds. The first-order valence-corrected chi connectivity index (χ1v) is 24.0. The fourth-order valence-electron chi connectivity index (χ4n) is 9.94. The van der Waals surface area contributed by atoms with Crippen LogP contribution in [0.1, 0.15) is 119 Å². The molecule has 0 bridgehead atoms. The van der Waals surface area contributed by atoms with Gasteiger partial charge >= 0.3 is 6.09 Å². The fraction of sp³-hybridized carbons (Fsp3) is 0.449. The van der Waals surface area contributed by atoms with E-state index in [0.29, 0.717) is 65.3 Å². The van der Waals surface area contributed by atoms with Gasteiger partial charge < -0.3 is 39.9 Å². The molecule has 5 atom stereocenters. The van der Waals surface area contributed by atoms with Gasteiger partial charge in [0.05, 0.1) is 69.6 Å². The smallest absolute Gasteiger partial charge is 0.407 e. The van der Waals surface area contributed by atoms with Crippen LogP contribution in [0.15, 0.2) is 55.0 Å². The summed E-state index contributed by atoms with van der Waals surface area (Å²) in [6.07, 6.45) is 9.27. The number of alkyl carbamates (subject to hydrolysis) is 1. The molecular weight excluding hydrogens is 876 g/mol. The minimum Gasteiger partial charge on any atom is -0.464 e. The lowest BCUT2D eigenvalue weighted by molar-refractivity contribution is -0.138. The average molecular weight is 931 g/mol. The monoisotopic (exact) mass is 930 g/mol. The average Bonchev–Trinajstić information content (AvgIpc) is 4.03. The second kappa shape index (κ2) is 17.6. The number of nitrogens with zero attached hydrogens (tertiary/aromatic N) is 6.